The molecule has 0 radical (unpaired) electrons. The highest BCUT2D eigenvalue weighted by Gasteiger charge is 2.39. The summed E-state index contributed by atoms with van der Waals surface area (Å²) in [6, 6.07) is 0. The van der Waals surface area contributed by atoms with Crippen molar-refractivity contribution >= 4 is 0 Å². The fraction of sp³-hybridized carbons (Fsp3) is 1.00. The van der Waals surface area contributed by atoms with Crippen LogP contribution in [0.3, 0.4) is 0 Å². The lowest BCUT2D eigenvalue weighted by Gasteiger charge is -2.24. The number of likely N-dealkylation sites (N-methyl/N-ethyl adjacent to an activating group) is 1. The molecule has 4 atom stereocenters. The number of hydrogen-bond donors (Lipinski definition) is 2. The number of rotatable bonds is 5. The lowest BCUT2D eigenvalue weighted by Crippen LogP contribution is -2.29. The van der Waals surface area contributed by atoms with Crippen LogP contribution >= 0.6 is 0 Å². The van der Waals surface area contributed by atoms with Crippen LogP contribution in [-0.2, 0) is 0 Å². The average molecular weight is 197 g/mol. The summed E-state index contributed by atoms with van der Waals surface area (Å²) in [4.78, 5) is 0. The van der Waals surface area contributed by atoms with Gasteiger partial charge >= 0.3 is 0 Å². The van der Waals surface area contributed by atoms with Crippen LogP contribution < -0.4 is 5.32 Å². The van der Waals surface area contributed by atoms with Crippen molar-refractivity contribution < 1.29 is 5.11 Å². The molecule has 0 spiro atoms. The summed E-state index contributed by atoms with van der Waals surface area (Å²) >= 11 is 0. The SMILES string of the molecule is CCNCC(O)CC1CC2CCC1C2. The van der Waals surface area contributed by atoms with Gasteiger partial charge in [-0.25, -0.2) is 0 Å². The Morgan fingerprint density at radius 3 is 2.79 bits per heavy atom. The van der Waals surface area contributed by atoms with Crippen molar-refractivity contribution in [2.45, 2.75) is 45.1 Å². The Hall–Kier alpha value is -0.0800. The van der Waals surface area contributed by atoms with E-state index in [2.05, 4.69) is 12.2 Å². The number of fused-ring (bicyclic) bond motifs is 2. The van der Waals surface area contributed by atoms with Crippen molar-refractivity contribution in [2.75, 3.05) is 13.1 Å². The molecule has 0 aliphatic heterocycles. The third-order valence-corrected chi connectivity index (χ3v) is 4.09. The number of aliphatic hydroxyl groups excluding tert-OH is 1. The predicted molar refractivity (Wildman–Crippen MR) is 58.1 cm³/mol. The van der Waals surface area contributed by atoms with Gasteiger partial charge in [-0.15, -0.1) is 0 Å². The first-order chi connectivity index (χ1) is 6.79. The molecule has 0 aromatic carbocycles. The third kappa shape index (κ3) is 2.29. The zero-order valence-corrected chi connectivity index (χ0v) is 9.21. The molecule has 2 N–H and O–H groups in total. The van der Waals surface area contributed by atoms with E-state index in [0.717, 1.165) is 37.3 Å². The molecule has 0 aromatic rings. The van der Waals surface area contributed by atoms with Crippen LogP contribution in [0.5, 0.6) is 0 Å². The van der Waals surface area contributed by atoms with Crippen molar-refractivity contribution in [3.8, 4) is 0 Å². The molecule has 0 heterocycles. The van der Waals surface area contributed by atoms with Gasteiger partial charge in [0.1, 0.15) is 0 Å². The first kappa shape index (κ1) is 10.4. The fourth-order valence-electron chi connectivity index (χ4n) is 3.41. The molecule has 2 saturated carbocycles. The van der Waals surface area contributed by atoms with E-state index in [1.54, 1.807) is 0 Å². The zero-order chi connectivity index (χ0) is 9.97. The van der Waals surface area contributed by atoms with E-state index >= 15 is 0 Å². The van der Waals surface area contributed by atoms with Crippen LogP contribution in [0, 0.1) is 17.8 Å². The van der Waals surface area contributed by atoms with E-state index in [1.165, 1.54) is 25.7 Å². The van der Waals surface area contributed by atoms with E-state index < -0.39 is 0 Å². The van der Waals surface area contributed by atoms with Crippen molar-refractivity contribution in [1.82, 2.24) is 5.32 Å². The van der Waals surface area contributed by atoms with Gasteiger partial charge < -0.3 is 10.4 Å². The second-order valence-corrected chi connectivity index (χ2v) is 5.13. The van der Waals surface area contributed by atoms with Crippen LogP contribution in [0.4, 0.5) is 0 Å². The molecular weight excluding hydrogens is 174 g/mol. The van der Waals surface area contributed by atoms with Gasteiger partial charge in [-0.3, -0.25) is 0 Å². The van der Waals surface area contributed by atoms with E-state index in [-0.39, 0.29) is 6.10 Å². The topological polar surface area (TPSA) is 32.3 Å². The summed E-state index contributed by atoms with van der Waals surface area (Å²) in [6.45, 7) is 3.84. The molecular formula is C12H23NO. The Labute approximate surface area is 87.1 Å². The molecule has 0 aromatic heterocycles. The number of nitrogens with one attached hydrogen (secondary N) is 1. The monoisotopic (exact) mass is 197 g/mol. The molecule has 2 bridgehead atoms. The molecule has 2 rings (SSSR count). The first-order valence-electron chi connectivity index (χ1n) is 6.18. The van der Waals surface area contributed by atoms with E-state index in [9.17, 15) is 5.11 Å². The molecule has 2 nitrogen and oxygen atoms in total. The summed E-state index contributed by atoms with van der Waals surface area (Å²) in [5.41, 5.74) is 0. The van der Waals surface area contributed by atoms with Crippen LogP contribution in [0.25, 0.3) is 0 Å². The van der Waals surface area contributed by atoms with Crippen molar-refractivity contribution in [3.63, 3.8) is 0 Å². The maximum absolute atomic E-state index is 9.81. The fourth-order valence-corrected chi connectivity index (χ4v) is 3.41. The zero-order valence-electron chi connectivity index (χ0n) is 9.21. The number of aliphatic hydroxyl groups is 1. The Kier molecular flexibility index (Phi) is 3.45. The highest BCUT2D eigenvalue weighted by Crippen LogP contribution is 2.49. The average Bonchev–Trinajstić information content (AvgIpc) is 2.76. The number of hydrogen-bond acceptors (Lipinski definition) is 2. The normalized spacial score (nSPS) is 37.7. The predicted octanol–water partition coefficient (Wildman–Crippen LogP) is 1.78. The Balaban J connectivity index is 1.70. The summed E-state index contributed by atoms with van der Waals surface area (Å²) in [6.07, 6.45) is 6.67. The van der Waals surface area contributed by atoms with Crippen LogP contribution in [0.1, 0.15) is 39.0 Å². The van der Waals surface area contributed by atoms with E-state index in [1.807, 2.05) is 0 Å². The highest BCUT2D eigenvalue weighted by molar-refractivity contribution is 4.90. The minimum atomic E-state index is -0.112. The largest absolute Gasteiger partial charge is 0.392 e. The maximum atomic E-state index is 9.81. The molecule has 2 aliphatic carbocycles. The second-order valence-electron chi connectivity index (χ2n) is 5.13. The van der Waals surface area contributed by atoms with Crippen LogP contribution in [-0.4, -0.2) is 24.3 Å². The van der Waals surface area contributed by atoms with Crippen molar-refractivity contribution in [2.24, 2.45) is 17.8 Å². The Morgan fingerprint density at radius 1 is 1.36 bits per heavy atom. The van der Waals surface area contributed by atoms with Gasteiger partial charge in [-0.1, -0.05) is 13.3 Å². The maximum Gasteiger partial charge on any atom is 0.0667 e. The lowest BCUT2D eigenvalue weighted by atomic mass is 9.85. The lowest BCUT2D eigenvalue weighted by molar-refractivity contribution is 0.123. The van der Waals surface area contributed by atoms with Gasteiger partial charge in [0.05, 0.1) is 6.10 Å². The van der Waals surface area contributed by atoms with Gasteiger partial charge in [-0.2, -0.15) is 0 Å². The summed E-state index contributed by atoms with van der Waals surface area (Å²) in [7, 11) is 0. The highest BCUT2D eigenvalue weighted by atomic mass is 16.3. The van der Waals surface area contributed by atoms with Gasteiger partial charge in [0.15, 0.2) is 0 Å². The standard InChI is InChI=1S/C12H23NO/c1-2-13-8-12(14)7-11-6-9-3-4-10(11)5-9/h9-14H,2-8H2,1H3. The van der Waals surface area contributed by atoms with Gasteiger partial charge in [0.25, 0.3) is 0 Å². The summed E-state index contributed by atoms with van der Waals surface area (Å²) in [5, 5.41) is 13.0. The van der Waals surface area contributed by atoms with E-state index in [0.29, 0.717) is 0 Å². The summed E-state index contributed by atoms with van der Waals surface area (Å²) < 4.78 is 0. The smallest absolute Gasteiger partial charge is 0.0667 e. The molecule has 2 aliphatic rings. The van der Waals surface area contributed by atoms with Crippen molar-refractivity contribution in [3.05, 3.63) is 0 Å². The van der Waals surface area contributed by atoms with Gasteiger partial charge in [0.2, 0.25) is 0 Å². The quantitative estimate of drug-likeness (QED) is 0.704. The molecule has 82 valence electrons. The minimum Gasteiger partial charge on any atom is -0.392 e. The molecule has 0 amide bonds. The van der Waals surface area contributed by atoms with Crippen LogP contribution in [0.2, 0.25) is 0 Å². The summed E-state index contributed by atoms with van der Waals surface area (Å²) in [5.74, 6) is 2.80. The van der Waals surface area contributed by atoms with Gasteiger partial charge in [0, 0.05) is 6.54 Å². The Bertz CT molecular complexity index is 183. The Morgan fingerprint density at radius 2 is 2.21 bits per heavy atom. The minimum absolute atomic E-state index is 0.112. The first-order valence-corrected chi connectivity index (χ1v) is 6.18. The van der Waals surface area contributed by atoms with Gasteiger partial charge in [-0.05, 0) is 50.0 Å². The molecule has 2 heteroatoms. The van der Waals surface area contributed by atoms with E-state index in [4.69, 9.17) is 0 Å². The molecule has 2 fully saturated rings. The molecule has 14 heavy (non-hydrogen) atoms. The molecule has 0 saturated heterocycles. The second kappa shape index (κ2) is 4.63. The third-order valence-electron chi connectivity index (χ3n) is 4.09. The van der Waals surface area contributed by atoms with Crippen molar-refractivity contribution in [1.29, 1.82) is 0 Å². The molecule has 4 unspecified atom stereocenters. The van der Waals surface area contributed by atoms with Crippen LogP contribution in [0.15, 0.2) is 0 Å².